The third-order valence-corrected chi connectivity index (χ3v) is 3.81. The van der Waals surface area contributed by atoms with Gasteiger partial charge in [-0.15, -0.1) is 0 Å². The summed E-state index contributed by atoms with van der Waals surface area (Å²) < 4.78 is 5.67. The number of aromatic nitrogens is 2. The van der Waals surface area contributed by atoms with Crippen molar-refractivity contribution in [1.82, 2.24) is 9.97 Å². The predicted octanol–water partition coefficient (Wildman–Crippen LogP) is 2.46. The maximum atomic E-state index is 5.67. The van der Waals surface area contributed by atoms with Gasteiger partial charge in [-0.2, -0.15) is 0 Å². The highest BCUT2D eigenvalue weighted by atomic mass is 16.5. The van der Waals surface area contributed by atoms with E-state index in [4.69, 9.17) is 15.6 Å². The first-order chi connectivity index (χ1) is 10.3. The van der Waals surface area contributed by atoms with Crippen molar-refractivity contribution in [2.75, 3.05) is 12.0 Å². The fraction of sp³-hybridized carbons (Fsp3) is 0.375. The van der Waals surface area contributed by atoms with Gasteiger partial charge in [-0.3, -0.25) is 0 Å². The number of ether oxygens (including phenoxy) is 1. The fourth-order valence-corrected chi connectivity index (χ4v) is 2.68. The van der Waals surface area contributed by atoms with E-state index in [0.29, 0.717) is 5.82 Å². The lowest BCUT2D eigenvalue weighted by Crippen LogP contribution is -2.16. The highest BCUT2D eigenvalue weighted by Crippen LogP contribution is 2.26. The number of benzene rings is 1. The standard InChI is InChI=1S/C16H20N4O/c1-11-15(12-6-3-2-4-7-12)18-14(19-16(11)20-17)10-13-8-5-9-21-13/h2-4,6-7,13H,5,8-10,17H2,1H3,(H,18,19,20). The first-order valence-electron chi connectivity index (χ1n) is 7.29. The van der Waals surface area contributed by atoms with E-state index in [2.05, 4.69) is 10.4 Å². The zero-order valence-corrected chi connectivity index (χ0v) is 12.2. The lowest BCUT2D eigenvalue weighted by atomic mass is 10.1. The van der Waals surface area contributed by atoms with Crippen LogP contribution in [0.5, 0.6) is 0 Å². The number of hydrogen-bond donors (Lipinski definition) is 2. The molecule has 5 nitrogen and oxygen atoms in total. The van der Waals surface area contributed by atoms with E-state index in [-0.39, 0.29) is 6.10 Å². The normalized spacial score (nSPS) is 17.9. The van der Waals surface area contributed by atoms with Gasteiger partial charge in [0.1, 0.15) is 11.6 Å². The lowest BCUT2D eigenvalue weighted by Gasteiger charge is -2.14. The number of hydrazine groups is 1. The van der Waals surface area contributed by atoms with Crippen molar-refractivity contribution in [2.24, 2.45) is 5.84 Å². The SMILES string of the molecule is Cc1c(NN)nc(CC2CCCO2)nc1-c1ccccc1. The van der Waals surface area contributed by atoms with Gasteiger partial charge in [0.15, 0.2) is 0 Å². The van der Waals surface area contributed by atoms with Crippen LogP contribution < -0.4 is 11.3 Å². The monoisotopic (exact) mass is 284 g/mol. The van der Waals surface area contributed by atoms with Crippen LogP contribution in [-0.4, -0.2) is 22.7 Å². The molecule has 1 aromatic heterocycles. The minimum atomic E-state index is 0.224. The molecule has 1 aromatic carbocycles. The number of nitrogens with one attached hydrogen (secondary N) is 1. The number of nitrogen functional groups attached to an aromatic ring is 1. The molecular formula is C16H20N4O. The van der Waals surface area contributed by atoms with E-state index >= 15 is 0 Å². The molecule has 110 valence electrons. The summed E-state index contributed by atoms with van der Waals surface area (Å²) in [6.07, 6.45) is 3.14. The van der Waals surface area contributed by atoms with Crippen LogP contribution in [0.1, 0.15) is 24.2 Å². The van der Waals surface area contributed by atoms with Gasteiger partial charge < -0.3 is 10.2 Å². The van der Waals surface area contributed by atoms with Gasteiger partial charge >= 0.3 is 0 Å². The van der Waals surface area contributed by atoms with Crippen molar-refractivity contribution in [3.8, 4) is 11.3 Å². The quantitative estimate of drug-likeness (QED) is 0.666. The zero-order chi connectivity index (χ0) is 14.7. The van der Waals surface area contributed by atoms with Crippen LogP contribution in [0.3, 0.4) is 0 Å². The van der Waals surface area contributed by atoms with Gasteiger partial charge in [-0.25, -0.2) is 15.8 Å². The zero-order valence-electron chi connectivity index (χ0n) is 12.2. The Balaban J connectivity index is 1.98. The average Bonchev–Trinajstić information content (AvgIpc) is 3.02. The summed E-state index contributed by atoms with van der Waals surface area (Å²) in [6.45, 7) is 2.82. The molecule has 1 unspecified atom stereocenters. The van der Waals surface area contributed by atoms with Crippen molar-refractivity contribution >= 4 is 5.82 Å². The molecule has 21 heavy (non-hydrogen) atoms. The second-order valence-corrected chi connectivity index (χ2v) is 5.31. The van der Waals surface area contributed by atoms with E-state index < -0.39 is 0 Å². The molecule has 1 saturated heterocycles. The minimum absolute atomic E-state index is 0.224. The molecule has 0 saturated carbocycles. The molecule has 2 heterocycles. The van der Waals surface area contributed by atoms with Gasteiger partial charge in [0.25, 0.3) is 0 Å². The number of hydrogen-bond acceptors (Lipinski definition) is 5. The van der Waals surface area contributed by atoms with Crippen LogP contribution in [0, 0.1) is 6.92 Å². The van der Waals surface area contributed by atoms with E-state index in [9.17, 15) is 0 Å². The van der Waals surface area contributed by atoms with Crippen molar-refractivity contribution in [1.29, 1.82) is 0 Å². The molecular weight excluding hydrogens is 264 g/mol. The molecule has 2 aromatic rings. The summed E-state index contributed by atoms with van der Waals surface area (Å²) in [5.41, 5.74) is 5.63. The maximum absolute atomic E-state index is 5.67. The van der Waals surface area contributed by atoms with E-state index in [1.165, 1.54) is 0 Å². The summed E-state index contributed by atoms with van der Waals surface area (Å²) in [5.74, 6) is 7.06. The molecule has 0 amide bonds. The number of anilines is 1. The summed E-state index contributed by atoms with van der Waals surface area (Å²) in [4.78, 5) is 9.24. The highest BCUT2D eigenvalue weighted by Gasteiger charge is 2.19. The Morgan fingerprint density at radius 3 is 2.76 bits per heavy atom. The van der Waals surface area contributed by atoms with Crippen LogP contribution in [0.2, 0.25) is 0 Å². The van der Waals surface area contributed by atoms with Crippen molar-refractivity contribution in [2.45, 2.75) is 32.3 Å². The summed E-state index contributed by atoms with van der Waals surface area (Å²) >= 11 is 0. The topological polar surface area (TPSA) is 73.1 Å². The summed E-state index contributed by atoms with van der Waals surface area (Å²) in [5, 5.41) is 0. The largest absolute Gasteiger partial charge is 0.378 e. The smallest absolute Gasteiger partial charge is 0.147 e. The summed E-state index contributed by atoms with van der Waals surface area (Å²) in [6, 6.07) is 10.1. The molecule has 0 bridgehead atoms. The number of rotatable bonds is 4. The minimum Gasteiger partial charge on any atom is -0.378 e. The molecule has 5 heteroatoms. The Hall–Kier alpha value is -1.98. The Kier molecular flexibility index (Phi) is 4.13. The van der Waals surface area contributed by atoms with Crippen LogP contribution in [0.4, 0.5) is 5.82 Å². The van der Waals surface area contributed by atoms with Crippen molar-refractivity contribution in [3.05, 3.63) is 41.7 Å². The van der Waals surface area contributed by atoms with Crippen LogP contribution >= 0.6 is 0 Å². The van der Waals surface area contributed by atoms with Gasteiger partial charge in [-0.05, 0) is 19.8 Å². The molecule has 1 atom stereocenters. The van der Waals surface area contributed by atoms with Gasteiger partial charge in [0.2, 0.25) is 0 Å². The van der Waals surface area contributed by atoms with Gasteiger partial charge in [0, 0.05) is 24.2 Å². The molecule has 1 aliphatic rings. The van der Waals surface area contributed by atoms with Crippen molar-refractivity contribution in [3.63, 3.8) is 0 Å². The predicted molar refractivity (Wildman–Crippen MR) is 82.7 cm³/mol. The van der Waals surface area contributed by atoms with Crippen LogP contribution in [0.25, 0.3) is 11.3 Å². The maximum Gasteiger partial charge on any atom is 0.147 e. The Morgan fingerprint density at radius 1 is 1.29 bits per heavy atom. The molecule has 0 radical (unpaired) electrons. The Morgan fingerprint density at radius 2 is 2.10 bits per heavy atom. The molecule has 3 rings (SSSR count). The molecule has 0 aliphatic carbocycles. The highest BCUT2D eigenvalue weighted by molar-refractivity contribution is 5.67. The van der Waals surface area contributed by atoms with Crippen LogP contribution in [0.15, 0.2) is 30.3 Å². The number of nitrogens with zero attached hydrogens (tertiary/aromatic N) is 2. The molecule has 1 aliphatic heterocycles. The molecule has 3 N–H and O–H groups in total. The Labute approximate surface area is 124 Å². The lowest BCUT2D eigenvalue weighted by molar-refractivity contribution is 0.110. The van der Waals surface area contributed by atoms with Crippen molar-refractivity contribution < 1.29 is 4.74 Å². The summed E-state index contributed by atoms with van der Waals surface area (Å²) in [7, 11) is 0. The van der Waals surface area contributed by atoms with Gasteiger partial charge in [0.05, 0.1) is 11.8 Å². The third-order valence-electron chi connectivity index (χ3n) is 3.81. The van der Waals surface area contributed by atoms with E-state index in [0.717, 1.165) is 48.5 Å². The van der Waals surface area contributed by atoms with Crippen LogP contribution in [-0.2, 0) is 11.2 Å². The molecule has 0 spiro atoms. The van der Waals surface area contributed by atoms with Gasteiger partial charge in [-0.1, -0.05) is 30.3 Å². The fourth-order valence-electron chi connectivity index (χ4n) is 2.68. The Bertz CT molecular complexity index is 609. The first kappa shape index (κ1) is 14.0. The second-order valence-electron chi connectivity index (χ2n) is 5.31. The van der Waals surface area contributed by atoms with E-state index in [1.54, 1.807) is 0 Å². The second kappa shape index (κ2) is 6.20. The van der Waals surface area contributed by atoms with E-state index in [1.807, 2.05) is 37.3 Å². The first-order valence-corrected chi connectivity index (χ1v) is 7.29. The average molecular weight is 284 g/mol. The number of nitrogens with two attached hydrogens (primary N) is 1. The third kappa shape index (κ3) is 3.04. The molecule has 1 fully saturated rings.